The zero-order chi connectivity index (χ0) is 11.6. The van der Waals surface area contributed by atoms with Crippen molar-refractivity contribution in [2.24, 2.45) is 0 Å². The first-order valence-corrected chi connectivity index (χ1v) is 6.42. The summed E-state index contributed by atoms with van der Waals surface area (Å²) < 4.78 is 25.0. The molecule has 15 heavy (non-hydrogen) atoms. The van der Waals surface area contributed by atoms with Crippen LogP contribution in [-0.2, 0) is 14.8 Å². The van der Waals surface area contributed by atoms with Gasteiger partial charge in [0.15, 0.2) is 10.4 Å². The maximum Gasteiger partial charge on any atom is 0.323 e. The van der Waals surface area contributed by atoms with Crippen LogP contribution in [0.1, 0.15) is 12.6 Å². The molecule has 0 saturated heterocycles. The summed E-state index contributed by atoms with van der Waals surface area (Å²) >= 11 is 1.11. The molecule has 0 bridgehead atoms. The lowest BCUT2D eigenvalue weighted by atomic mass is 10.5. The van der Waals surface area contributed by atoms with Crippen molar-refractivity contribution in [3.05, 3.63) is 11.1 Å². The van der Waals surface area contributed by atoms with E-state index in [1.54, 1.807) is 12.3 Å². The van der Waals surface area contributed by atoms with Crippen LogP contribution in [0.5, 0.6) is 0 Å². The van der Waals surface area contributed by atoms with Crippen LogP contribution in [0.15, 0.2) is 5.38 Å². The van der Waals surface area contributed by atoms with Gasteiger partial charge in [0, 0.05) is 5.38 Å². The molecule has 1 rings (SSSR count). The van der Waals surface area contributed by atoms with Crippen LogP contribution in [0, 0.1) is 6.92 Å². The van der Waals surface area contributed by atoms with Crippen molar-refractivity contribution >= 4 is 32.5 Å². The van der Waals surface area contributed by atoms with Gasteiger partial charge >= 0.3 is 5.97 Å². The smallest absolute Gasteiger partial charge is 0.323 e. The summed E-state index contributed by atoms with van der Waals surface area (Å²) in [6.07, 6.45) is 0. The molecule has 0 aromatic carbocycles. The molecule has 0 aliphatic heterocycles. The molecule has 0 aliphatic rings. The molecule has 8 heteroatoms. The summed E-state index contributed by atoms with van der Waals surface area (Å²) in [6, 6.07) is 0. The zero-order valence-corrected chi connectivity index (χ0v) is 9.72. The molecular weight excluding hydrogens is 240 g/mol. The quantitative estimate of drug-likeness (QED) is 0.818. The number of aromatic nitrogens is 1. The Morgan fingerprint density at radius 3 is 2.67 bits per heavy atom. The maximum atomic E-state index is 11.4. The molecule has 1 unspecified atom stereocenters. The highest BCUT2D eigenvalue weighted by atomic mass is 32.2. The van der Waals surface area contributed by atoms with E-state index in [0.717, 1.165) is 18.3 Å². The van der Waals surface area contributed by atoms with E-state index in [4.69, 9.17) is 5.11 Å². The van der Waals surface area contributed by atoms with Crippen LogP contribution in [0.2, 0.25) is 0 Å². The Kier molecular flexibility index (Phi) is 3.30. The molecule has 1 atom stereocenters. The number of sulfonamides is 1. The number of carboxylic acid groups (broad SMARTS) is 1. The SMILES string of the molecule is Cc1csc(NS(=O)(=O)C(C)C(=O)O)n1. The highest BCUT2D eigenvalue weighted by Crippen LogP contribution is 2.17. The molecule has 1 aromatic heterocycles. The summed E-state index contributed by atoms with van der Waals surface area (Å²) in [5, 5.41) is 8.92. The fourth-order valence-electron chi connectivity index (χ4n) is 0.744. The summed E-state index contributed by atoms with van der Waals surface area (Å²) in [7, 11) is -3.90. The van der Waals surface area contributed by atoms with Gasteiger partial charge in [-0.15, -0.1) is 11.3 Å². The van der Waals surface area contributed by atoms with E-state index in [9.17, 15) is 13.2 Å². The minimum atomic E-state index is -3.90. The van der Waals surface area contributed by atoms with Crippen molar-refractivity contribution in [3.8, 4) is 0 Å². The first-order valence-electron chi connectivity index (χ1n) is 3.99. The standard InChI is InChI=1S/C7H10N2O4S2/c1-4-3-14-7(8-4)9-15(12,13)5(2)6(10)11/h3,5H,1-2H3,(H,8,9)(H,10,11). The van der Waals surface area contributed by atoms with Crippen LogP contribution in [0.4, 0.5) is 5.13 Å². The molecule has 0 aliphatic carbocycles. The molecule has 1 aromatic rings. The van der Waals surface area contributed by atoms with Crippen molar-refractivity contribution in [1.29, 1.82) is 0 Å². The van der Waals surface area contributed by atoms with Crippen LogP contribution >= 0.6 is 11.3 Å². The second-order valence-corrected chi connectivity index (χ2v) is 5.78. The monoisotopic (exact) mass is 250 g/mol. The van der Waals surface area contributed by atoms with Gasteiger partial charge in [0.05, 0.1) is 5.69 Å². The Balaban J connectivity index is 2.86. The number of carboxylic acids is 1. The number of hydrogen-bond acceptors (Lipinski definition) is 5. The maximum absolute atomic E-state index is 11.4. The molecule has 84 valence electrons. The topological polar surface area (TPSA) is 96.4 Å². The van der Waals surface area contributed by atoms with Crippen LogP contribution in [0.25, 0.3) is 0 Å². The summed E-state index contributed by atoms with van der Waals surface area (Å²) in [5.41, 5.74) is 0.681. The molecule has 0 radical (unpaired) electrons. The fourth-order valence-corrected chi connectivity index (χ4v) is 2.55. The van der Waals surface area contributed by atoms with E-state index in [-0.39, 0.29) is 5.13 Å². The number of hydrogen-bond donors (Lipinski definition) is 2. The lowest BCUT2D eigenvalue weighted by molar-refractivity contribution is -0.136. The van der Waals surface area contributed by atoms with Crippen molar-refractivity contribution in [2.45, 2.75) is 19.1 Å². The van der Waals surface area contributed by atoms with Crippen LogP contribution in [-0.4, -0.2) is 29.7 Å². The van der Waals surface area contributed by atoms with E-state index < -0.39 is 21.2 Å². The fraction of sp³-hybridized carbons (Fsp3) is 0.429. The number of carbonyl (C=O) groups is 1. The molecule has 1 heterocycles. The third-order valence-corrected chi connectivity index (χ3v) is 4.28. The van der Waals surface area contributed by atoms with Gasteiger partial charge < -0.3 is 5.11 Å². The number of thiazole rings is 1. The molecular formula is C7H10N2O4S2. The lowest BCUT2D eigenvalue weighted by Gasteiger charge is -2.08. The van der Waals surface area contributed by atoms with Gasteiger partial charge in [0.2, 0.25) is 10.0 Å². The Morgan fingerprint density at radius 1 is 1.67 bits per heavy atom. The van der Waals surface area contributed by atoms with Crippen molar-refractivity contribution < 1.29 is 18.3 Å². The van der Waals surface area contributed by atoms with Crippen molar-refractivity contribution in [2.75, 3.05) is 4.72 Å². The molecule has 6 nitrogen and oxygen atoms in total. The second-order valence-electron chi connectivity index (χ2n) is 2.92. The van der Waals surface area contributed by atoms with Gasteiger partial charge in [-0.1, -0.05) is 0 Å². The van der Waals surface area contributed by atoms with Gasteiger partial charge in [-0.2, -0.15) is 0 Å². The molecule has 2 N–H and O–H groups in total. The predicted octanol–water partition coefficient (Wildman–Crippen LogP) is 0.666. The summed E-state index contributed by atoms with van der Waals surface area (Å²) in [4.78, 5) is 14.4. The predicted molar refractivity (Wildman–Crippen MR) is 56.5 cm³/mol. The zero-order valence-electron chi connectivity index (χ0n) is 8.09. The number of aryl methyl sites for hydroxylation is 1. The number of nitrogens with zero attached hydrogens (tertiary/aromatic N) is 1. The van der Waals surface area contributed by atoms with Crippen LogP contribution < -0.4 is 4.72 Å². The van der Waals surface area contributed by atoms with E-state index >= 15 is 0 Å². The minimum Gasteiger partial charge on any atom is -0.480 e. The average Bonchev–Trinajstić information content (AvgIpc) is 2.48. The van der Waals surface area contributed by atoms with Gasteiger partial charge in [-0.25, -0.2) is 13.4 Å². The third kappa shape index (κ3) is 2.90. The van der Waals surface area contributed by atoms with Crippen molar-refractivity contribution in [3.63, 3.8) is 0 Å². The first kappa shape index (κ1) is 11.9. The Hall–Kier alpha value is -1.15. The first-order chi connectivity index (χ1) is 6.83. The molecule has 0 amide bonds. The third-order valence-electron chi connectivity index (χ3n) is 1.66. The highest BCUT2D eigenvalue weighted by Gasteiger charge is 2.28. The normalized spacial score (nSPS) is 13.5. The van der Waals surface area contributed by atoms with E-state index in [1.807, 2.05) is 0 Å². The van der Waals surface area contributed by atoms with Gasteiger partial charge in [-0.3, -0.25) is 9.52 Å². The van der Waals surface area contributed by atoms with E-state index in [1.165, 1.54) is 0 Å². The number of nitrogens with one attached hydrogen (secondary N) is 1. The Labute approximate surface area is 91.0 Å². The second kappa shape index (κ2) is 4.15. The van der Waals surface area contributed by atoms with Crippen molar-refractivity contribution in [1.82, 2.24) is 4.98 Å². The summed E-state index contributed by atoms with van der Waals surface area (Å²) in [5.74, 6) is -1.39. The number of rotatable bonds is 4. The van der Waals surface area contributed by atoms with Crippen LogP contribution in [0.3, 0.4) is 0 Å². The van der Waals surface area contributed by atoms with Gasteiger partial charge in [0.1, 0.15) is 0 Å². The highest BCUT2D eigenvalue weighted by molar-refractivity contribution is 7.94. The lowest BCUT2D eigenvalue weighted by Crippen LogP contribution is -2.32. The molecule has 0 fully saturated rings. The molecule has 0 spiro atoms. The van der Waals surface area contributed by atoms with Gasteiger partial charge in [0.25, 0.3) is 0 Å². The average molecular weight is 250 g/mol. The van der Waals surface area contributed by atoms with E-state index in [0.29, 0.717) is 5.69 Å². The summed E-state index contributed by atoms with van der Waals surface area (Å²) in [6.45, 7) is 2.82. The Morgan fingerprint density at radius 2 is 2.27 bits per heavy atom. The van der Waals surface area contributed by atoms with Gasteiger partial charge in [-0.05, 0) is 13.8 Å². The largest absolute Gasteiger partial charge is 0.480 e. The number of aliphatic carboxylic acids is 1. The Bertz CT molecular complexity index is 465. The van der Waals surface area contributed by atoms with E-state index in [2.05, 4.69) is 9.71 Å². The number of anilines is 1. The minimum absolute atomic E-state index is 0.181. The molecule has 0 saturated carbocycles.